The largest absolute Gasteiger partial charge is 0.385 e. The summed E-state index contributed by atoms with van der Waals surface area (Å²) in [5, 5.41) is 0. The quantitative estimate of drug-likeness (QED) is 0.879. The number of hydrogen-bond donors (Lipinski definition) is 1. The van der Waals surface area contributed by atoms with Crippen LogP contribution in [0.2, 0.25) is 0 Å². The normalized spacial score (nSPS) is 10.5. The molecule has 0 atom stereocenters. The van der Waals surface area contributed by atoms with Gasteiger partial charge in [-0.15, -0.1) is 0 Å². The van der Waals surface area contributed by atoms with Gasteiger partial charge in [0.05, 0.1) is 0 Å². The number of hydrogen-bond acceptors (Lipinski definition) is 2. The van der Waals surface area contributed by atoms with Gasteiger partial charge in [0, 0.05) is 23.2 Å². The zero-order valence-corrected chi connectivity index (χ0v) is 10.7. The van der Waals surface area contributed by atoms with Crippen molar-refractivity contribution in [3.05, 3.63) is 51.0 Å². The Balaban J connectivity index is 2.69. The average Bonchev–Trinajstić information content (AvgIpc) is 2.28. The van der Waals surface area contributed by atoms with Gasteiger partial charge in [-0.25, -0.2) is 4.39 Å². The number of halogens is 2. The van der Waals surface area contributed by atoms with Crippen molar-refractivity contribution < 1.29 is 4.39 Å². The summed E-state index contributed by atoms with van der Waals surface area (Å²) in [5.74, 6) is -0.0901. The molecule has 88 valence electrons. The fourth-order valence-electron chi connectivity index (χ4n) is 1.53. The molecule has 1 heterocycles. The van der Waals surface area contributed by atoms with Crippen molar-refractivity contribution in [3.63, 3.8) is 0 Å². The smallest absolute Gasteiger partial charge is 0.252 e. The fraction of sp³-hybridized carbons (Fsp3) is 0.0833. The Morgan fingerprint density at radius 3 is 2.65 bits per heavy atom. The van der Waals surface area contributed by atoms with Gasteiger partial charge in [0.25, 0.3) is 5.56 Å². The number of benzene rings is 1. The number of nitrogen functional groups attached to an aromatic ring is 1. The molecule has 2 N–H and O–H groups in total. The van der Waals surface area contributed by atoms with Gasteiger partial charge in [0.15, 0.2) is 0 Å². The zero-order chi connectivity index (χ0) is 12.6. The summed E-state index contributed by atoms with van der Waals surface area (Å²) in [6.07, 6.45) is 0. The van der Waals surface area contributed by atoms with E-state index in [2.05, 4.69) is 15.9 Å². The van der Waals surface area contributed by atoms with Gasteiger partial charge in [0.2, 0.25) is 0 Å². The van der Waals surface area contributed by atoms with E-state index in [1.54, 1.807) is 25.2 Å². The summed E-state index contributed by atoms with van der Waals surface area (Å²) in [6, 6.07) is 7.49. The third kappa shape index (κ3) is 2.24. The molecule has 2 aromatic rings. The van der Waals surface area contributed by atoms with Gasteiger partial charge in [-0.3, -0.25) is 9.36 Å². The molecule has 1 aromatic heterocycles. The van der Waals surface area contributed by atoms with Crippen LogP contribution in [-0.4, -0.2) is 4.57 Å². The molecule has 0 saturated heterocycles. The van der Waals surface area contributed by atoms with Crippen molar-refractivity contribution in [1.29, 1.82) is 0 Å². The summed E-state index contributed by atoms with van der Waals surface area (Å²) < 4.78 is 15.7. The first-order valence-corrected chi connectivity index (χ1v) is 5.70. The van der Waals surface area contributed by atoms with Crippen LogP contribution < -0.4 is 11.3 Å². The third-order valence-corrected chi connectivity index (χ3v) is 3.03. The number of anilines is 1. The van der Waals surface area contributed by atoms with E-state index in [0.29, 0.717) is 16.9 Å². The van der Waals surface area contributed by atoms with E-state index in [9.17, 15) is 9.18 Å². The number of pyridine rings is 1. The summed E-state index contributed by atoms with van der Waals surface area (Å²) >= 11 is 3.26. The molecule has 0 saturated carbocycles. The molecule has 3 nitrogen and oxygen atoms in total. The standard InChI is InChI=1S/C12H10BrFN2O/c1-16-11(15)4-7(5-12(16)17)9-6-8(13)2-3-10(9)14/h2-6H,15H2,1H3. The summed E-state index contributed by atoms with van der Waals surface area (Å²) in [6.45, 7) is 0. The van der Waals surface area contributed by atoms with Crippen LogP contribution in [0.3, 0.4) is 0 Å². The van der Waals surface area contributed by atoms with Crippen molar-refractivity contribution in [2.24, 2.45) is 7.05 Å². The van der Waals surface area contributed by atoms with Crippen LogP contribution in [0, 0.1) is 5.82 Å². The molecule has 0 radical (unpaired) electrons. The third-order valence-electron chi connectivity index (χ3n) is 2.54. The Labute approximate surface area is 106 Å². The second-order valence-electron chi connectivity index (χ2n) is 3.69. The Hall–Kier alpha value is -1.62. The van der Waals surface area contributed by atoms with Gasteiger partial charge < -0.3 is 5.73 Å². The number of nitrogens with zero attached hydrogens (tertiary/aromatic N) is 1. The minimum atomic E-state index is -0.388. The van der Waals surface area contributed by atoms with Crippen LogP contribution in [0.15, 0.2) is 39.6 Å². The summed E-state index contributed by atoms with van der Waals surface area (Å²) in [5.41, 5.74) is 6.24. The maximum absolute atomic E-state index is 13.6. The molecule has 0 aliphatic rings. The number of rotatable bonds is 1. The van der Waals surface area contributed by atoms with E-state index in [1.165, 1.54) is 16.7 Å². The molecule has 2 rings (SSSR count). The molecule has 0 spiro atoms. The first-order valence-electron chi connectivity index (χ1n) is 4.91. The average molecular weight is 297 g/mol. The molecule has 17 heavy (non-hydrogen) atoms. The lowest BCUT2D eigenvalue weighted by Gasteiger charge is -2.08. The van der Waals surface area contributed by atoms with E-state index in [1.807, 2.05) is 0 Å². The second-order valence-corrected chi connectivity index (χ2v) is 4.61. The highest BCUT2D eigenvalue weighted by Crippen LogP contribution is 2.26. The van der Waals surface area contributed by atoms with Crippen LogP contribution in [0.1, 0.15) is 0 Å². The lowest BCUT2D eigenvalue weighted by atomic mass is 10.1. The Morgan fingerprint density at radius 2 is 2.00 bits per heavy atom. The van der Waals surface area contributed by atoms with Gasteiger partial charge in [0.1, 0.15) is 11.6 Å². The topological polar surface area (TPSA) is 48.0 Å². The van der Waals surface area contributed by atoms with Crippen molar-refractivity contribution >= 4 is 21.7 Å². The maximum Gasteiger partial charge on any atom is 0.252 e. The van der Waals surface area contributed by atoms with Crippen LogP contribution in [-0.2, 0) is 7.05 Å². The minimum absolute atomic E-state index is 0.264. The predicted molar refractivity (Wildman–Crippen MR) is 69.2 cm³/mol. The SMILES string of the molecule is Cn1c(N)cc(-c2cc(Br)ccc2F)cc1=O. The molecule has 0 unspecified atom stereocenters. The molecule has 5 heteroatoms. The van der Waals surface area contributed by atoms with Crippen molar-refractivity contribution in [2.75, 3.05) is 5.73 Å². The van der Waals surface area contributed by atoms with E-state index in [0.717, 1.165) is 4.47 Å². The van der Waals surface area contributed by atoms with Gasteiger partial charge in [-0.05, 0) is 29.8 Å². The highest BCUT2D eigenvalue weighted by molar-refractivity contribution is 9.10. The molecule has 0 fully saturated rings. The van der Waals surface area contributed by atoms with E-state index < -0.39 is 0 Å². The van der Waals surface area contributed by atoms with E-state index in [-0.39, 0.29) is 11.4 Å². The predicted octanol–water partition coefficient (Wildman–Crippen LogP) is 2.54. The Morgan fingerprint density at radius 1 is 1.29 bits per heavy atom. The Kier molecular flexibility index (Phi) is 3.02. The highest BCUT2D eigenvalue weighted by atomic mass is 79.9. The van der Waals surface area contributed by atoms with Gasteiger partial charge in [-0.1, -0.05) is 15.9 Å². The number of aromatic nitrogens is 1. The van der Waals surface area contributed by atoms with Crippen LogP contribution in [0.5, 0.6) is 0 Å². The van der Waals surface area contributed by atoms with E-state index in [4.69, 9.17) is 5.73 Å². The van der Waals surface area contributed by atoms with Crippen molar-refractivity contribution in [1.82, 2.24) is 4.57 Å². The van der Waals surface area contributed by atoms with Crippen molar-refractivity contribution in [3.8, 4) is 11.1 Å². The monoisotopic (exact) mass is 296 g/mol. The summed E-state index contributed by atoms with van der Waals surface area (Å²) in [7, 11) is 1.57. The molecule has 0 aliphatic carbocycles. The lowest BCUT2D eigenvalue weighted by Crippen LogP contribution is -2.18. The van der Waals surface area contributed by atoms with Gasteiger partial charge >= 0.3 is 0 Å². The highest BCUT2D eigenvalue weighted by Gasteiger charge is 2.08. The number of nitrogens with two attached hydrogens (primary N) is 1. The molecule has 0 amide bonds. The maximum atomic E-state index is 13.6. The van der Waals surface area contributed by atoms with Gasteiger partial charge in [-0.2, -0.15) is 0 Å². The van der Waals surface area contributed by atoms with Crippen molar-refractivity contribution in [2.45, 2.75) is 0 Å². The van der Waals surface area contributed by atoms with Crippen LogP contribution in [0.25, 0.3) is 11.1 Å². The molecular weight excluding hydrogens is 287 g/mol. The molecule has 0 aliphatic heterocycles. The van der Waals surface area contributed by atoms with Crippen LogP contribution >= 0.6 is 15.9 Å². The Bertz CT molecular complexity index is 637. The second kappa shape index (κ2) is 4.33. The molecular formula is C12H10BrFN2O. The first kappa shape index (κ1) is 11.9. The van der Waals surface area contributed by atoms with E-state index >= 15 is 0 Å². The minimum Gasteiger partial charge on any atom is -0.385 e. The molecule has 1 aromatic carbocycles. The molecule has 0 bridgehead atoms. The first-order chi connectivity index (χ1) is 7.99. The fourth-order valence-corrected chi connectivity index (χ4v) is 1.89. The lowest BCUT2D eigenvalue weighted by molar-refractivity contribution is 0.631. The van der Waals surface area contributed by atoms with Crippen LogP contribution in [0.4, 0.5) is 10.2 Å². The summed E-state index contributed by atoms with van der Waals surface area (Å²) in [4.78, 5) is 11.6. The zero-order valence-electron chi connectivity index (χ0n) is 9.08.